The normalized spacial score (nSPS) is 12.9. The number of hydrogen-bond acceptors (Lipinski definition) is 2. The predicted octanol–water partition coefficient (Wildman–Crippen LogP) is 31.5. The molecule has 2 nitrogen and oxygen atoms in total. The predicted molar refractivity (Wildman–Crippen MR) is 489 cm³/mol. The van der Waals surface area contributed by atoms with Gasteiger partial charge in [0.25, 0.3) is 0 Å². The van der Waals surface area contributed by atoms with Gasteiger partial charge >= 0.3 is 0 Å². The number of fused-ring (bicyclic) bond motifs is 12. The highest BCUT2D eigenvalue weighted by molar-refractivity contribution is 6.16. The van der Waals surface area contributed by atoms with Crippen LogP contribution in [-0.2, 0) is 10.8 Å². The Morgan fingerprint density at radius 1 is 0.174 bits per heavy atom. The smallest absolute Gasteiger partial charge is 0.0618 e. The third kappa shape index (κ3) is 11.7. The molecule has 0 unspecified atom stereocenters. The molecule has 2 heteroatoms. The van der Waals surface area contributed by atoms with Gasteiger partial charge < -0.3 is 9.80 Å². The number of hydrogen-bond donors (Lipinski definition) is 0. The molecule has 0 aliphatic heterocycles. The van der Waals surface area contributed by atoms with E-state index in [0.717, 1.165) is 95.3 Å². The van der Waals surface area contributed by atoms with Crippen LogP contribution in [0, 0.1) is 6.92 Å². The maximum atomic E-state index is 2.54. The van der Waals surface area contributed by atoms with E-state index in [4.69, 9.17) is 0 Å². The maximum absolute atomic E-state index is 2.54. The van der Waals surface area contributed by atoms with E-state index in [0.29, 0.717) is 0 Å². The Bertz CT molecular complexity index is 6990. The summed E-state index contributed by atoms with van der Waals surface area (Å²) in [5.74, 6) is 0. The van der Waals surface area contributed by atoms with E-state index in [1.807, 2.05) is 0 Å². The zero-order chi connectivity index (χ0) is 77.0. The molecular formula is C113H82N2. The average Bonchev–Trinajstić information content (AvgIpc) is 1.71. The van der Waals surface area contributed by atoms with Crippen molar-refractivity contribution in [2.45, 2.75) is 45.4 Å². The van der Waals surface area contributed by atoms with E-state index in [1.54, 1.807) is 0 Å². The first-order valence-electron chi connectivity index (χ1n) is 40.3. The monoisotopic (exact) mass is 1470 g/mol. The minimum absolute atomic E-state index is 0.196. The highest BCUT2D eigenvalue weighted by Crippen LogP contribution is 2.56. The third-order valence-electron chi connectivity index (χ3n) is 24.9. The molecule has 0 atom stereocenters. The maximum Gasteiger partial charge on any atom is 0.0618 e. The summed E-state index contributed by atoms with van der Waals surface area (Å²) in [5.41, 5.74) is 36.7. The van der Waals surface area contributed by atoms with Crippen LogP contribution in [0.25, 0.3) is 154 Å². The lowest BCUT2D eigenvalue weighted by atomic mass is 9.82. The molecule has 544 valence electrons. The lowest BCUT2D eigenvalue weighted by molar-refractivity contribution is 0.660. The molecule has 0 fully saturated rings. The van der Waals surface area contributed by atoms with Crippen LogP contribution in [0.2, 0.25) is 0 Å². The average molecular weight is 1470 g/mol. The Balaban J connectivity index is 0.666. The van der Waals surface area contributed by atoms with Crippen LogP contribution in [-0.4, -0.2) is 0 Å². The van der Waals surface area contributed by atoms with Gasteiger partial charge in [0.05, 0.1) is 11.4 Å². The minimum atomic E-state index is -0.213. The molecule has 0 spiro atoms. The minimum Gasteiger partial charge on any atom is -0.310 e. The molecule has 2 aliphatic carbocycles. The summed E-state index contributed by atoms with van der Waals surface area (Å²) in [6, 6.07) is 152. The Hall–Kier alpha value is -14.2. The molecular weight excluding hydrogens is 1390 g/mol. The zero-order valence-electron chi connectivity index (χ0n) is 65.1. The molecule has 0 saturated carbocycles. The number of aryl methyl sites for hydroxylation is 1. The molecule has 0 aromatic heterocycles. The van der Waals surface area contributed by atoms with Crippen molar-refractivity contribution in [2.75, 3.05) is 9.80 Å². The van der Waals surface area contributed by atoms with Crippen molar-refractivity contribution in [1.82, 2.24) is 0 Å². The van der Waals surface area contributed by atoms with E-state index < -0.39 is 0 Å². The summed E-state index contributed by atoms with van der Waals surface area (Å²) in [6.07, 6.45) is 0. The van der Waals surface area contributed by atoms with Gasteiger partial charge in [-0.3, -0.25) is 0 Å². The zero-order valence-corrected chi connectivity index (χ0v) is 65.1. The van der Waals surface area contributed by atoms with Gasteiger partial charge in [-0.1, -0.05) is 337 Å². The molecule has 0 heterocycles. The van der Waals surface area contributed by atoms with Crippen molar-refractivity contribution in [3.05, 3.63) is 434 Å². The number of benzene rings is 19. The Morgan fingerprint density at radius 2 is 0.513 bits per heavy atom. The second-order valence-electron chi connectivity index (χ2n) is 32.3. The van der Waals surface area contributed by atoms with Gasteiger partial charge in [-0.15, -0.1) is 0 Å². The van der Waals surface area contributed by atoms with E-state index in [1.165, 1.54) is 121 Å². The SMILES string of the molecule is Cc1cc(-c2cccc(-c3ccc4cc(-c5ccc(N(c6ccc7c(c6)C(C)(C)c6ccccc6-7)c6c(-c7ccccc7)cc(-c7ccccc7)cc6-c6ccccc6)cc5)c5ccccc5c4c3)c2)cc(-c2ccccc2)c1N(c1ccc(-c2cc3ccccc3c3ccccc23)cc1)c1ccc2c(c1)C(C)(C)c1ccccc1-2. The molecule has 115 heavy (non-hydrogen) atoms. The molecule has 2 aliphatic rings. The van der Waals surface area contributed by atoms with E-state index in [9.17, 15) is 0 Å². The number of anilines is 6. The van der Waals surface area contributed by atoms with Gasteiger partial charge in [0.2, 0.25) is 0 Å². The van der Waals surface area contributed by atoms with Gasteiger partial charge in [0, 0.05) is 50.3 Å². The fraction of sp³-hybridized carbons (Fsp3) is 0.0619. The highest BCUT2D eigenvalue weighted by Gasteiger charge is 2.38. The van der Waals surface area contributed by atoms with Crippen LogP contribution in [0.4, 0.5) is 34.1 Å². The number of nitrogens with zero attached hydrogens (tertiary/aromatic N) is 2. The van der Waals surface area contributed by atoms with E-state index in [-0.39, 0.29) is 10.8 Å². The Morgan fingerprint density at radius 3 is 1.02 bits per heavy atom. The van der Waals surface area contributed by atoms with Crippen molar-refractivity contribution in [3.8, 4) is 111 Å². The van der Waals surface area contributed by atoms with E-state index >= 15 is 0 Å². The first-order valence-corrected chi connectivity index (χ1v) is 40.3. The summed E-state index contributed by atoms with van der Waals surface area (Å²) in [7, 11) is 0. The Labute approximate surface area is 673 Å². The molecule has 19 aromatic rings. The van der Waals surface area contributed by atoms with Gasteiger partial charge in [-0.05, 0) is 269 Å². The second kappa shape index (κ2) is 27.6. The first-order chi connectivity index (χ1) is 56.4. The molecule has 0 saturated heterocycles. The quantitative estimate of drug-likeness (QED) is 0.100. The Kier molecular flexibility index (Phi) is 16.5. The van der Waals surface area contributed by atoms with Crippen molar-refractivity contribution in [2.24, 2.45) is 0 Å². The van der Waals surface area contributed by atoms with Crippen molar-refractivity contribution >= 4 is 77.2 Å². The van der Waals surface area contributed by atoms with E-state index in [2.05, 4.69) is 451 Å². The third-order valence-corrected chi connectivity index (χ3v) is 24.9. The lowest BCUT2D eigenvalue weighted by Gasteiger charge is -2.32. The molecule has 19 aromatic carbocycles. The summed E-state index contributed by atoms with van der Waals surface area (Å²) in [6.45, 7) is 11.8. The lowest BCUT2D eigenvalue weighted by Crippen LogP contribution is -2.17. The summed E-state index contributed by atoms with van der Waals surface area (Å²) >= 11 is 0. The van der Waals surface area contributed by atoms with Crippen LogP contribution in [0.1, 0.15) is 55.5 Å². The van der Waals surface area contributed by atoms with Crippen LogP contribution in [0.15, 0.2) is 406 Å². The highest BCUT2D eigenvalue weighted by atomic mass is 15.2. The standard InChI is InChI=1S/C113H82N2/c1-73-63-85(68-103(75-31-12-7-13-32-75)110(73)114(89-59-61-98-96-45-24-26-47-106(96)112(2,3)108(98)71-89)87-55-51-78(52-56-87)100-66-83-37-18-19-40-91(83)92-41-20-21-42-93(92)100)81-39-28-38-80(64-81)82-49-50-84-67-101(94-43-22-23-44-95(94)102(84)65-82)79-53-57-88(58-54-79)115(90-60-62-99-97-46-25-27-48-107(97)113(4,5)109(99)72-90)111-104(76-33-14-8-15-34-76)69-86(74-29-10-6-11-30-74)70-105(111)77-35-16-9-17-36-77/h6-72H,1-5H3. The van der Waals surface area contributed by atoms with Crippen LogP contribution < -0.4 is 9.80 Å². The first kappa shape index (κ1) is 68.8. The number of rotatable bonds is 14. The van der Waals surface area contributed by atoms with Gasteiger partial charge in [0.15, 0.2) is 0 Å². The molecule has 21 rings (SSSR count). The summed E-state index contributed by atoms with van der Waals surface area (Å²) < 4.78 is 0. The topological polar surface area (TPSA) is 6.48 Å². The fourth-order valence-electron chi connectivity index (χ4n) is 19.2. The molecule has 0 radical (unpaired) electrons. The molecule has 0 amide bonds. The van der Waals surface area contributed by atoms with Gasteiger partial charge in [-0.25, -0.2) is 0 Å². The largest absolute Gasteiger partial charge is 0.310 e. The van der Waals surface area contributed by atoms with Crippen molar-refractivity contribution in [3.63, 3.8) is 0 Å². The van der Waals surface area contributed by atoms with Gasteiger partial charge in [0.1, 0.15) is 0 Å². The van der Waals surface area contributed by atoms with Crippen LogP contribution in [0.3, 0.4) is 0 Å². The molecule has 0 bridgehead atoms. The summed E-state index contributed by atoms with van der Waals surface area (Å²) in [4.78, 5) is 5.06. The summed E-state index contributed by atoms with van der Waals surface area (Å²) in [5, 5.41) is 9.86. The van der Waals surface area contributed by atoms with Crippen molar-refractivity contribution < 1.29 is 0 Å². The molecule has 0 N–H and O–H groups in total. The van der Waals surface area contributed by atoms with Crippen molar-refractivity contribution in [1.29, 1.82) is 0 Å². The van der Waals surface area contributed by atoms with Gasteiger partial charge in [-0.2, -0.15) is 0 Å². The van der Waals surface area contributed by atoms with Crippen LogP contribution in [0.5, 0.6) is 0 Å². The fourth-order valence-corrected chi connectivity index (χ4v) is 19.2. The second-order valence-corrected chi connectivity index (χ2v) is 32.3. The van der Waals surface area contributed by atoms with Crippen LogP contribution >= 0.6 is 0 Å².